The third kappa shape index (κ3) is 2.16. The Morgan fingerprint density at radius 2 is 2.00 bits per heavy atom. The van der Waals surface area contributed by atoms with Crippen molar-refractivity contribution in [2.24, 2.45) is 0 Å². The van der Waals surface area contributed by atoms with E-state index >= 15 is 0 Å². The Balaban J connectivity index is 2.42. The van der Waals surface area contributed by atoms with Gasteiger partial charge in [-0.1, -0.05) is 6.07 Å². The topological polar surface area (TPSA) is 26.3 Å². The number of ether oxygens (including phenoxy) is 1. The van der Waals surface area contributed by atoms with Crippen LogP contribution in [0.15, 0.2) is 33.2 Å². The van der Waals surface area contributed by atoms with Crippen molar-refractivity contribution in [3.8, 4) is 0 Å². The standard InChI is InChI=1S/C11H8Br2O2/c1-6-4-8(11(14)15-6)7-2-3-9(12)10(13)5-7/h2-6H,1H3. The summed E-state index contributed by atoms with van der Waals surface area (Å²) in [4.78, 5) is 11.5. The second-order valence-electron chi connectivity index (χ2n) is 3.32. The van der Waals surface area contributed by atoms with E-state index < -0.39 is 0 Å². The summed E-state index contributed by atoms with van der Waals surface area (Å²) in [6.07, 6.45) is 1.70. The van der Waals surface area contributed by atoms with Crippen LogP contribution in [0.1, 0.15) is 12.5 Å². The van der Waals surface area contributed by atoms with Crippen molar-refractivity contribution in [3.63, 3.8) is 0 Å². The van der Waals surface area contributed by atoms with Gasteiger partial charge in [0.1, 0.15) is 6.10 Å². The maximum absolute atomic E-state index is 11.5. The average molecular weight is 332 g/mol. The fourth-order valence-corrected chi connectivity index (χ4v) is 2.07. The number of rotatable bonds is 1. The lowest BCUT2D eigenvalue weighted by molar-refractivity contribution is -0.137. The molecule has 4 heteroatoms. The maximum atomic E-state index is 11.5. The van der Waals surface area contributed by atoms with Crippen molar-refractivity contribution in [3.05, 3.63) is 38.8 Å². The van der Waals surface area contributed by atoms with Gasteiger partial charge < -0.3 is 4.74 Å². The summed E-state index contributed by atoms with van der Waals surface area (Å²) in [6.45, 7) is 1.85. The van der Waals surface area contributed by atoms with E-state index in [1.54, 1.807) is 0 Å². The van der Waals surface area contributed by atoms with Gasteiger partial charge in [-0.05, 0) is 62.6 Å². The molecule has 0 amide bonds. The van der Waals surface area contributed by atoms with Crippen molar-refractivity contribution >= 4 is 43.4 Å². The summed E-state index contributed by atoms with van der Waals surface area (Å²) in [5.74, 6) is -0.253. The first-order valence-corrected chi connectivity index (χ1v) is 6.05. The van der Waals surface area contributed by atoms with Gasteiger partial charge in [0.2, 0.25) is 0 Å². The van der Waals surface area contributed by atoms with Crippen LogP contribution < -0.4 is 0 Å². The van der Waals surface area contributed by atoms with E-state index in [1.165, 1.54) is 0 Å². The lowest BCUT2D eigenvalue weighted by Crippen LogP contribution is -2.03. The van der Waals surface area contributed by atoms with Crippen molar-refractivity contribution < 1.29 is 9.53 Å². The smallest absolute Gasteiger partial charge is 0.339 e. The molecular weight excluding hydrogens is 324 g/mol. The van der Waals surface area contributed by atoms with E-state index in [0.717, 1.165) is 14.5 Å². The van der Waals surface area contributed by atoms with Crippen molar-refractivity contribution in [1.29, 1.82) is 0 Å². The van der Waals surface area contributed by atoms with Crippen molar-refractivity contribution in [2.75, 3.05) is 0 Å². The van der Waals surface area contributed by atoms with Gasteiger partial charge in [0.15, 0.2) is 0 Å². The van der Waals surface area contributed by atoms with Crippen LogP contribution in [-0.2, 0) is 9.53 Å². The van der Waals surface area contributed by atoms with Gasteiger partial charge >= 0.3 is 5.97 Å². The molecular formula is C11H8Br2O2. The molecule has 0 N–H and O–H groups in total. The maximum Gasteiger partial charge on any atom is 0.339 e. The molecule has 0 bridgehead atoms. The van der Waals surface area contributed by atoms with Crippen LogP contribution in [0.2, 0.25) is 0 Å². The Bertz CT molecular complexity index is 452. The second-order valence-corrected chi connectivity index (χ2v) is 5.03. The second kappa shape index (κ2) is 4.10. The van der Waals surface area contributed by atoms with Gasteiger partial charge in [0.25, 0.3) is 0 Å². The van der Waals surface area contributed by atoms with Crippen LogP contribution in [0.3, 0.4) is 0 Å². The third-order valence-corrected chi connectivity index (χ3v) is 4.02. The van der Waals surface area contributed by atoms with Crippen molar-refractivity contribution in [1.82, 2.24) is 0 Å². The van der Waals surface area contributed by atoms with E-state index in [2.05, 4.69) is 31.9 Å². The molecule has 78 valence electrons. The Labute approximate surface area is 105 Å². The molecule has 1 aliphatic rings. The number of hydrogen-bond donors (Lipinski definition) is 0. The Hall–Kier alpha value is -0.610. The van der Waals surface area contributed by atoms with Crippen molar-refractivity contribution in [2.45, 2.75) is 13.0 Å². The molecule has 15 heavy (non-hydrogen) atoms. The lowest BCUT2D eigenvalue weighted by atomic mass is 10.1. The molecule has 0 fully saturated rings. The minimum absolute atomic E-state index is 0.130. The van der Waals surface area contributed by atoms with Gasteiger partial charge in [-0.2, -0.15) is 0 Å². The summed E-state index contributed by atoms with van der Waals surface area (Å²) in [6, 6.07) is 5.69. The molecule has 0 aromatic heterocycles. The predicted molar refractivity (Wildman–Crippen MR) is 65.4 cm³/mol. The van der Waals surface area contributed by atoms with Gasteiger partial charge in [-0.15, -0.1) is 0 Å². The number of halogens is 2. The van der Waals surface area contributed by atoms with Crippen LogP contribution in [-0.4, -0.2) is 12.1 Å². The highest BCUT2D eigenvalue weighted by Crippen LogP contribution is 2.30. The molecule has 1 aliphatic heterocycles. The van der Waals surface area contributed by atoms with Gasteiger partial charge in [-0.25, -0.2) is 4.79 Å². The fraction of sp³-hybridized carbons (Fsp3) is 0.182. The Morgan fingerprint density at radius 3 is 2.53 bits per heavy atom. The van der Waals surface area contributed by atoms with E-state index in [9.17, 15) is 4.79 Å². The molecule has 0 saturated heterocycles. The molecule has 1 unspecified atom stereocenters. The monoisotopic (exact) mass is 330 g/mol. The zero-order valence-corrected chi connectivity index (χ0v) is 11.1. The number of benzene rings is 1. The molecule has 1 heterocycles. The molecule has 2 rings (SSSR count). The first-order valence-electron chi connectivity index (χ1n) is 4.46. The summed E-state index contributed by atoms with van der Waals surface area (Å²) in [5.41, 5.74) is 1.51. The SMILES string of the molecule is CC1C=C(c2ccc(Br)c(Br)c2)C(=O)O1. The van der Waals surface area contributed by atoms with Crippen LogP contribution in [0.4, 0.5) is 0 Å². The predicted octanol–water partition coefficient (Wildman–Crippen LogP) is 3.54. The van der Waals surface area contributed by atoms with Gasteiger partial charge in [0, 0.05) is 8.95 Å². The largest absolute Gasteiger partial charge is 0.455 e. The summed E-state index contributed by atoms with van der Waals surface area (Å²) in [7, 11) is 0. The highest BCUT2D eigenvalue weighted by molar-refractivity contribution is 9.13. The van der Waals surface area contributed by atoms with E-state index in [1.807, 2.05) is 31.2 Å². The van der Waals surface area contributed by atoms with Crippen LogP contribution in [0, 0.1) is 0 Å². The zero-order chi connectivity index (χ0) is 11.0. The normalized spacial score (nSPS) is 20.1. The van der Waals surface area contributed by atoms with Crippen LogP contribution in [0.25, 0.3) is 5.57 Å². The fourth-order valence-electron chi connectivity index (χ4n) is 1.45. The molecule has 0 radical (unpaired) electrons. The molecule has 2 nitrogen and oxygen atoms in total. The van der Waals surface area contributed by atoms with Gasteiger partial charge in [-0.3, -0.25) is 0 Å². The third-order valence-electron chi connectivity index (χ3n) is 2.14. The summed E-state index contributed by atoms with van der Waals surface area (Å²) < 4.78 is 6.93. The molecule has 0 saturated carbocycles. The first kappa shape index (κ1) is 10.9. The molecule has 0 spiro atoms. The zero-order valence-electron chi connectivity index (χ0n) is 7.96. The number of carbonyl (C=O) groups is 1. The average Bonchev–Trinajstić information content (AvgIpc) is 2.50. The molecule has 1 aromatic rings. The number of cyclic esters (lactones) is 1. The lowest BCUT2D eigenvalue weighted by Gasteiger charge is -2.02. The number of carbonyl (C=O) groups excluding carboxylic acids is 1. The highest BCUT2D eigenvalue weighted by atomic mass is 79.9. The van der Waals surface area contributed by atoms with E-state index in [0.29, 0.717) is 5.57 Å². The summed E-state index contributed by atoms with van der Waals surface area (Å²) in [5, 5.41) is 0. The molecule has 0 aliphatic carbocycles. The number of hydrogen-bond acceptors (Lipinski definition) is 2. The molecule has 1 atom stereocenters. The summed E-state index contributed by atoms with van der Waals surface area (Å²) >= 11 is 6.78. The van der Waals surface area contributed by atoms with E-state index in [-0.39, 0.29) is 12.1 Å². The van der Waals surface area contributed by atoms with Crippen LogP contribution in [0.5, 0.6) is 0 Å². The first-order chi connectivity index (χ1) is 7.08. The highest BCUT2D eigenvalue weighted by Gasteiger charge is 2.23. The van der Waals surface area contributed by atoms with Gasteiger partial charge in [0.05, 0.1) is 5.57 Å². The molecule has 1 aromatic carbocycles. The minimum atomic E-state index is -0.253. The Morgan fingerprint density at radius 1 is 1.27 bits per heavy atom. The Kier molecular flexibility index (Phi) is 2.98. The number of esters is 1. The van der Waals surface area contributed by atoms with E-state index in [4.69, 9.17) is 4.74 Å². The quantitative estimate of drug-likeness (QED) is 0.736. The minimum Gasteiger partial charge on any atom is -0.455 e. The van der Waals surface area contributed by atoms with Crippen LogP contribution >= 0.6 is 31.9 Å².